The number of hydrogen-bond acceptors (Lipinski definition) is 6. The summed E-state index contributed by atoms with van der Waals surface area (Å²) in [4.78, 5) is 4.82. The molecule has 0 amide bonds. The van der Waals surface area contributed by atoms with E-state index in [1.807, 2.05) is 6.07 Å². The molecular formula is C9H7ClN4OS2. The normalized spacial score (nSPS) is 11.7. The minimum Gasteiger partial charge on any atom is -0.409 e. The molecule has 0 fully saturated rings. The number of nitrogens with zero attached hydrogens (tertiary/aromatic N) is 3. The van der Waals surface area contributed by atoms with Crippen LogP contribution in [-0.2, 0) is 0 Å². The summed E-state index contributed by atoms with van der Waals surface area (Å²) in [5, 5.41) is 12.1. The van der Waals surface area contributed by atoms with Crippen molar-refractivity contribution in [2.24, 2.45) is 10.9 Å². The van der Waals surface area contributed by atoms with Crippen LogP contribution in [0.25, 0.3) is 0 Å². The van der Waals surface area contributed by atoms with Gasteiger partial charge in [0.15, 0.2) is 10.2 Å². The zero-order chi connectivity index (χ0) is 12.3. The molecule has 1 heterocycles. The van der Waals surface area contributed by atoms with Gasteiger partial charge in [-0.15, -0.1) is 0 Å². The monoisotopic (exact) mass is 286 g/mol. The fourth-order valence-corrected chi connectivity index (χ4v) is 3.09. The summed E-state index contributed by atoms with van der Waals surface area (Å²) in [6.07, 6.45) is 1.47. The molecular weight excluding hydrogens is 280 g/mol. The van der Waals surface area contributed by atoms with Gasteiger partial charge in [0, 0.05) is 4.90 Å². The van der Waals surface area contributed by atoms with Crippen LogP contribution in [0.2, 0.25) is 5.02 Å². The van der Waals surface area contributed by atoms with Crippen LogP contribution in [0.4, 0.5) is 0 Å². The molecule has 1 aromatic carbocycles. The Bertz CT molecular complexity index is 544. The van der Waals surface area contributed by atoms with Gasteiger partial charge in [-0.1, -0.05) is 34.6 Å². The van der Waals surface area contributed by atoms with E-state index in [2.05, 4.69) is 14.5 Å². The third kappa shape index (κ3) is 2.68. The number of amidine groups is 1. The fraction of sp³-hybridized carbons (Fsp3) is 0. The van der Waals surface area contributed by atoms with E-state index in [1.54, 1.807) is 12.1 Å². The van der Waals surface area contributed by atoms with Crippen molar-refractivity contribution < 1.29 is 5.21 Å². The molecule has 0 aliphatic carbocycles. The van der Waals surface area contributed by atoms with Crippen LogP contribution in [0.15, 0.2) is 38.9 Å². The standard InChI is InChI=1S/C9H7ClN4OS2/c10-5-2-1-3-6(7(5)8(11)14-15)16-9-12-4-13-17-9/h1-4,15H,(H2,11,14). The first-order valence-electron chi connectivity index (χ1n) is 4.43. The number of oxime groups is 1. The van der Waals surface area contributed by atoms with E-state index >= 15 is 0 Å². The van der Waals surface area contributed by atoms with Crippen LogP contribution in [0, 0.1) is 0 Å². The Morgan fingerprint density at radius 2 is 2.35 bits per heavy atom. The first-order chi connectivity index (χ1) is 8.22. The lowest BCUT2D eigenvalue weighted by molar-refractivity contribution is 0.318. The molecule has 0 spiro atoms. The van der Waals surface area contributed by atoms with Crippen LogP contribution in [0.1, 0.15) is 5.56 Å². The Kier molecular flexibility index (Phi) is 3.82. The van der Waals surface area contributed by atoms with Gasteiger partial charge >= 0.3 is 0 Å². The van der Waals surface area contributed by atoms with Crippen molar-refractivity contribution in [1.82, 2.24) is 9.36 Å². The molecule has 0 saturated carbocycles. The molecule has 0 atom stereocenters. The molecule has 0 aliphatic heterocycles. The predicted octanol–water partition coefficient (Wildman–Crippen LogP) is 2.44. The highest BCUT2D eigenvalue weighted by molar-refractivity contribution is 8.01. The van der Waals surface area contributed by atoms with E-state index in [-0.39, 0.29) is 5.84 Å². The highest BCUT2D eigenvalue weighted by Gasteiger charge is 2.13. The number of benzene rings is 1. The van der Waals surface area contributed by atoms with E-state index in [0.29, 0.717) is 10.6 Å². The number of nitrogens with two attached hydrogens (primary N) is 1. The van der Waals surface area contributed by atoms with Gasteiger partial charge < -0.3 is 10.9 Å². The maximum Gasteiger partial charge on any atom is 0.174 e. The molecule has 0 saturated heterocycles. The van der Waals surface area contributed by atoms with E-state index in [4.69, 9.17) is 22.5 Å². The van der Waals surface area contributed by atoms with Crippen LogP contribution < -0.4 is 5.73 Å². The average molecular weight is 287 g/mol. The quantitative estimate of drug-likeness (QED) is 0.392. The van der Waals surface area contributed by atoms with Crippen LogP contribution >= 0.6 is 34.9 Å². The van der Waals surface area contributed by atoms with Crippen LogP contribution in [-0.4, -0.2) is 20.4 Å². The first-order valence-corrected chi connectivity index (χ1v) is 6.40. The second-order valence-electron chi connectivity index (χ2n) is 2.91. The Morgan fingerprint density at radius 1 is 1.53 bits per heavy atom. The third-order valence-corrected chi connectivity index (χ3v) is 3.97. The minimum absolute atomic E-state index is 0.0254. The Labute approximate surface area is 110 Å². The van der Waals surface area contributed by atoms with Crippen molar-refractivity contribution in [3.05, 3.63) is 35.1 Å². The number of hydrogen-bond donors (Lipinski definition) is 2. The van der Waals surface area contributed by atoms with Gasteiger partial charge in [0.2, 0.25) is 0 Å². The lowest BCUT2D eigenvalue weighted by Crippen LogP contribution is -2.14. The van der Waals surface area contributed by atoms with E-state index in [9.17, 15) is 0 Å². The molecule has 0 aliphatic rings. The maximum absolute atomic E-state index is 8.73. The van der Waals surface area contributed by atoms with Crippen molar-refractivity contribution in [3.8, 4) is 0 Å². The molecule has 2 rings (SSSR count). The van der Waals surface area contributed by atoms with Crippen LogP contribution in [0.3, 0.4) is 0 Å². The van der Waals surface area contributed by atoms with Gasteiger partial charge in [0.05, 0.1) is 10.6 Å². The first kappa shape index (κ1) is 12.2. The molecule has 17 heavy (non-hydrogen) atoms. The minimum atomic E-state index is -0.0254. The Morgan fingerprint density at radius 3 is 3.00 bits per heavy atom. The summed E-state index contributed by atoms with van der Waals surface area (Å²) in [5.41, 5.74) is 6.09. The molecule has 1 aromatic heterocycles. The van der Waals surface area contributed by atoms with Crippen molar-refractivity contribution in [1.29, 1.82) is 0 Å². The summed E-state index contributed by atoms with van der Waals surface area (Å²) in [6, 6.07) is 5.30. The summed E-state index contributed by atoms with van der Waals surface area (Å²) in [6.45, 7) is 0. The number of aromatic nitrogens is 2. The van der Waals surface area contributed by atoms with Gasteiger partial charge in [-0.2, -0.15) is 4.37 Å². The molecule has 0 unspecified atom stereocenters. The maximum atomic E-state index is 8.73. The number of rotatable bonds is 3. The molecule has 5 nitrogen and oxygen atoms in total. The molecule has 0 radical (unpaired) electrons. The van der Waals surface area contributed by atoms with Crippen molar-refractivity contribution in [3.63, 3.8) is 0 Å². The second kappa shape index (κ2) is 5.35. The van der Waals surface area contributed by atoms with Gasteiger partial charge in [0.1, 0.15) is 6.33 Å². The second-order valence-corrected chi connectivity index (χ2v) is 5.38. The van der Waals surface area contributed by atoms with Crippen LogP contribution in [0.5, 0.6) is 0 Å². The van der Waals surface area contributed by atoms with Crippen molar-refractivity contribution >= 4 is 40.7 Å². The van der Waals surface area contributed by atoms with Gasteiger partial charge in [0.25, 0.3) is 0 Å². The Balaban J connectivity index is 2.43. The topological polar surface area (TPSA) is 84.4 Å². The van der Waals surface area contributed by atoms with Crippen molar-refractivity contribution in [2.45, 2.75) is 9.24 Å². The van der Waals surface area contributed by atoms with E-state index in [1.165, 1.54) is 29.6 Å². The van der Waals surface area contributed by atoms with Gasteiger partial charge in [-0.25, -0.2) is 4.98 Å². The molecule has 2 aromatic rings. The lowest BCUT2D eigenvalue weighted by atomic mass is 10.2. The average Bonchev–Trinajstić information content (AvgIpc) is 2.81. The third-order valence-electron chi connectivity index (χ3n) is 1.88. The largest absolute Gasteiger partial charge is 0.409 e. The number of halogens is 1. The SMILES string of the molecule is NC(=NO)c1c(Cl)cccc1Sc1ncns1. The molecule has 0 bridgehead atoms. The van der Waals surface area contributed by atoms with E-state index in [0.717, 1.165) is 9.24 Å². The van der Waals surface area contributed by atoms with E-state index < -0.39 is 0 Å². The molecule has 8 heteroatoms. The zero-order valence-electron chi connectivity index (χ0n) is 8.37. The highest BCUT2D eigenvalue weighted by atomic mass is 35.5. The summed E-state index contributed by atoms with van der Waals surface area (Å²) in [5.74, 6) is -0.0254. The van der Waals surface area contributed by atoms with Crippen molar-refractivity contribution in [2.75, 3.05) is 0 Å². The highest BCUT2D eigenvalue weighted by Crippen LogP contribution is 2.33. The summed E-state index contributed by atoms with van der Waals surface area (Å²) >= 11 is 8.66. The summed E-state index contributed by atoms with van der Waals surface area (Å²) < 4.78 is 4.66. The molecule has 88 valence electrons. The Hall–Kier alpha value is -1.31. The molecule has 3 N–H and O–H groups in total. The smallest absolute Gasteiger partial charge is 0.174 e. The van der Waals surface area contributed by atoms with Gasteiger partial charge in [-0.05, 0) is 23.7 Å². The fourth-order valence-electron chi connectivity index (χ4n) is 1.19. The summed E-state index contributed by atoms with van der Waals surface area (Å²) in [7, 11) is 0. The zero-order valence-corrected chi connectivity index (χ0v) is 10.8. The van der Waals surface area contributed by atoms with Gasteiger partial charge in [-0.3, -0.25) is 0 Å². The predicted molar refractivity (Wildman–Crippen MR) is 68.0 cm³/mol. The lowest BCUT2D eigenvalue weighted by Gasteiger charge is -2.07.